The first-order valence-corrected chi connectivity index (χ1v) is 14.7. The van der Waals surface area contributed by atoms with Gasteiger partial charge in [-0.3, -0.25) is 9.59 Å². The maximum Gasteiger partial charge on any atom is 0.251 e. The second-order valence-electron chi connectivity index (χ2n) is 10.6. The molecule has 1 aliphatic rings. The maximum absolute atomic E-state index is 13.2. The number of amides is 2. The van der Waals surface area contributed by atoms with E-state index in [2.05, 4.69) is 46.3 Å². The summed E-state index contributed by atoms with van der Waals surface area (Å²) in [5, 5.41) is 10.3. The Balaban J connectivity index is 1.14. The molecule has 6 heteroatoms. The summed E-state index contributed by atoms with van der Waals surface area (Å²) in [6.45, 7) is 1.26. The predicted molar refractivity (Wildman–Crippen MR) is 166 cm³/mol. The third kappa shape index (κ3) is 8.29. The van der Waals surface area contributed by atoms with Crippen molar-refractivity contribution in [2.24, 2.45) is 0 Å². The summed E-state index contributed by atoms with van der Waals surface area (Å²) >= 11 is 5.99. The first-order chi connectivity index (χ1) is 20.1. The first-order valence-electron chi connectivity index (χ1n) is 14.3. The van der Waals surface area contributed by atoms with E-state index in [1.807, 2.05) is 66.7 Å². The molecule has 5 nitrogen and oxygen atoms in total. The van der Waals surface area contributed by atoms with Gasteiger partial charge in [0.05, 0.1) is 0 Å². The smallest absolute Gasteiger partial charge is 0.251 e. The maximum atomic E-state index is 13.2. The molecule has 0 bridgehead atoms. The van der Waals surface area contributed by atoms with Crippen LogP contribution in [-0.4, -0.2) is 30.4 Å². The van der Waals surface area contributed by atoms with Gasteiger partial charge in [0.2, 0.25) is 5.91 Å². The molecule has 0 aromatic heterocycles. The quantitative estimate of drug-likeness (QED) is 0.157. The van der Waals surface area contributed by atoms with Gasteiger partial charge in [0, 0.05) is 29.1 Å². The van der Waals surface area contributed by atoms with E-state index in [1.54, 1.807) is 12.1 Å². The minimum Gasteiger partial charge on any atom is -0.350 e. The summed E-state index contributed by atoms with van der Waals surface area (Å²) in [6, 6.07) is 35.4. The average molecular weight is 566 g/mol. The SMILES string of the molecule is O=C(N[C@@H](CCCCN[C@H]1C[C@@H]1c1ccccc1)C(=O)NCc1ccc(Cl)cc1)c1ccc(-c2ccccc2)cc1. The van der Waals surface area contributed by atoms with Crippen LogP contribution in [0.25, 0.3) is 11.1 Å². The average Bonchev–Trinajstić information content (AvgIpc) is 3.80. The second kappa shape index (κ2) is 14.1. The Hall–Kier alpha value is -3.93. The lowest BCUT2D eigenvalue weighted by Gasteiger charge is -2.19. The second-order valence-corrected chi connectivity index (χ2v) is 11.1. The van der Waals surface area contributed by atoms with Gasteiger partial charge in [0.1, 0.15) is 6.04 Å². The molecule has 210 valence electrons. The summed E-state index contributed by atoms with van der Waals surface area (Å²) in [5.74, 6) is 0.154. The molecule has 3 atom stereocenters. The van der Waals surface area contributed by atoms with Crippen molar-refractivity contribution in [1.82, 2.24) is 16.0 Å². The van der Waals surface area contributed by atoms with Crippen molar-refractivity contribution in [3.63, 3.8) is 0 Å². The number of rotatable bonds is 13. The zero-order chi connectivity index (χ0) is 28.4. The molecule has 4 aromatic rings. The summed E-state index contributed by atoms with van der Waals surface area (Å²) in [6.07, 6.45) is 3.48. The van der Waals surface area contributed by atoms with Crippen molar-refractivity contribution in [3.8, 4) is 11.1 Å². The van der Waals surface area contributed by atoms with Crippen LogP contribution in [-0.2, 0) is 11.3 Å². The summed E-state index contributed by atoms with van der Waals surface area (Å²) in [4.78, 5) is 26.4. The normalized spacial score (nSPS) is 16.5. The Bertz CT molecular complexity index is 1410. The number of halogens is 1. The van der Waals surface area contributed by atoms with Crippen LogP contribution in [0.3, 0.4) is 0 Å². The highest BCUT2D eigenvalue weighted by atomic mass is 35.5. The Kier molecular flexibility index (Phi) is 9.84. The lowest BCUT2D eigenvalue weighted by Crippen LogP contribution is -2.46. The molecule has 0 aliphatic heterocycles. The lowest BCUT2D eigenvalue weighted by atomic mass is 10.0. The van der Waals surface area contributed by atoms with E-state index in [0.717, 1.165) is 36.1 Å². The van der Waals surface area contributed by atoms with Gasteiger partial charge in [-0.05, 0) is 78.7 Å². The van der Waals surface area contributed by atoms with Gasteiger partial charge >= 0.3 is 0 Å². The highest BCUT2D eigenvalue weighted by Gasteiger charge is 2.37. The van der Waals surface area contributed by atoms with E-state index in [4.69, 9.17) is 11.6 Å². The standard InChI is InChI=1S/C35H36ClN3O2/c36-30-20-14-25(15-21-30)24-38-35(41)32(13-7-8-22-37-33-23-31(33)28-11-5-2-6-12-28)39-34(40)29-18-16-27(17-19-29)26-9-3-1-4-10-26/h1-6,9-12,14-21,31-33,37H,7-8,13,22-24H2,(H,38,41)(H,39,40)/t31-,32+,33+/m1/s1. The molecule has 4 aromatic carbocycles. The van der Waals surface area contributed by atoms with Crippen molar-refractivity contribution in [3.05, 3.63) is 131 Å². The topological polar surface area (TPSA) is 70.2 Å². The van der Waals surface area contributed by atoms with Crippen LogP contribution in [0.2, 0.25) is 5.02 Å². The van der Waals surface area contributed by atoms with Gasteiger partial charge < -0.3 is 16.0 Å². The minimum absolute atomic E-state index is 0.187. The van der Waals surface area contributed by atoms with E-state index >= 15 is 0 Å². The first kappa shape index (κ1) is 28.6. The van der Waals surface area contributed by atoms with Gasteiger partial charge in [-0.25, -0.2) is 0 Å². The van der Waals surface area contributed by atoms with Crippen LogP contribution in [0.4, 0.5) is 0 Å². The minimum atomic E-state index is -0.624. The molecule has 1 fully saturated rings. The van der Waals surface area contributed by atoms with Crippen LogP contribution in [0, 0.1) is 0 Å². The number of unbranched alkanes of at least 4 members (excludes halogenated alkanes) is 1. The van der Waals surface area contributed by atoms with Crippen molar-refractivity contribution in [1.29, 1.82) is 0 Å². The van der Waals surface area contributed by atoms with Crippen molar-refractivity contribution in [2.45, 2.75) is 50.2 Å². The number of carbonyl (C=O) groups is 2. The van der Waals surface area contributed by atoms with Crippen LogP contribution < -0.4 is 16.0 Å². The van der Waals surface area contributed by atoms with Crippen molar-refractivity contribution >= 4 is 23.4 Å². The van der Waals surface area contributed by atoms with Crippen LogP contribution >= 0.6 is 11.6 Å². The van der Waals surface area contributed by atoms with E-state index in [-0.39, 0.29) is 11.8 Å². The molecule has 0 unspecified atom stereocenters. The summed E-state index contributed by atoms with van der Waals surface area (Å²) < 4.78 is 0. The third-order valence-electron chi connectivity index (χ3n) is 7.60. The van der Waals surface area contributed by atoms with Gasteiger partial charge in [0.15, 0.2) is 0 Å². The molecule has 0 radical (unpaired) electrons. The number of carbonyl (C=O) groups excluding carboxylic acids is 2. The molecule has 0 saturated heterocycles. The number of hydrogen-bond donors (Lipinski definition) is 3. The van der Waals surface area contributed by atoms with Crippen LogP contribution in [0.1, 0.15) is 53.1 Å². The molecular formula is C35H36ClN3O2. The molecule has 1 aliphatic carbocycles. The van der Waals surface area contributed by atoms with E-state index in [0.29, 0.717) is 35.5 Å². The summed E-state index contributed by atoms with van der Waals surface area (Å²) in [5.41, 5.74) is 5.00. The monoisotopic (exact) mass is 565 g/mol. The fourth-order valence-corrected chi connectivity index (χ4v) is 5.25. The fourth-order valence-electron chi connectivity index (χ4n) is 5.12. The number of nitrogens with one attached hydrogen (secondary N) is 3. The van der Waals surface area contributed by atoms with Gasteiger partial charge in [-0.2, -0.15) is 0 Å². The van der Waals surface area contributed by atoms with Crippen molar-refractivity contribution < 1.29 is 9.59 Å². The molecule has 1 saturated carbocycles. The molecular weight excluding hydrogens is 530 g/mol. The largest absolute Gasteiger partial charge is 0.350 e. The van der Waals surface area contributed by atoms with E-state index in [1.165, 1.54) is 12.0 Å². The van der Waals surface area contributed by atoms with Crippen LogP contribution in [0.15, 0.2) is 109 Å². The van der Waals surface area contributed by atoms with Gasteiger partial charge in [0.25, 0.3) is 5.91 Å². The predicted octanol–water partition coefficient (Wildman–Crippen LogP) is 6.74. The van der Waals surface area contributed by atoms with Gasteiger partial charge in [-0.1, -0.05) is 96.5 Å². The Morgan fingerprint density at radius 2 is 1.44 bits per heavy atom. The highest BCUT2D eigenvalue weighted by Crippen LogP contribution is 2.40. The zero-order valence-corrected chi connectivity index (χ0v) is 23.8. The van der Waals surface area contributed by atoms with Crippen LogP contribution in [0.5, 0.6) is 0 Å². The molecule has 41 heavy (non-hydrogen) atoms. The Morgan fingerprint density at radius 3 is 2.15 bits per heavy atom. The highest BCUT2D eigenvalue weighted by molar-refractivity contribution is 6.30. The van der Waals surface area contributed by atoms with E-state index in [9.17, 15) is 9.59 Å². The Labute approximate surface area is 247 Å². The fraction of sp³-hybridized carbons (Fsp3) is 0.257. The molecule has 0 spiro atoms. The third-order valence-corrected chi connectivity index (χ3v) is 7.85. The lowest BCUT2D eigenvalue weighted by molar-refractivity contribution is -0.123. The number of benzene rings is 4. The van der Waals surface area contributed by atoms with Crippen molar-refractivity contribution in [2.75, 3.05) is 6.54 Å². The Morgan fingerprint density at radius 1 is 0.780 bits per heavy atom. The molecule has 0 heterocycles. The molecule has 3 N–H and O–H groups in total. The van der Waals surface area contributed by atoms with E-state index < -0.39 is 6.04 Å². The molecule has 5 rings (SSSR count). The zero-order valence-electron chi connectivity index (χ0n) is 23.1. The summed E-state index contributed by atoms with van der Waals surface area (Å²) in [7, 11) is 0. The van der Waals surface area contributed by atoms with Gasteiger partial charge in [-0.15, -0.1) is 0 Å². The molecule has 2 amide bonds. The number of hydrogen-bond acceptors (Lipinski definition) is 3.